The average molecular weight is 576 g/mol. The minimum Gasteiger partial charge on any atom is -0.357 e. The van der Waals surface area contributed by atoms with Crippen molar-refractivity contribution in [1.29, 1.82) is 0 Å². The van der Waals surface area contributed by atoms with Gasteiger partial charge in [0.05, 0.1) is 10.6 Å². The van der Waals surface area contributed by atoms with E-state index >= 15 is 0 Å². The number of carbonyl (C=O) groups is 2. The van der Waals surface area contributed by atoms with E-state index in [2.05, 4.69) is 5.32 Å². The quantitative estimate of drug-likeness (QED) is 0.275. The van der Waals surface area contributed by atoms with Crippen LogP contribution in [0.2, 0.25) is 5.02 Å². The summed E-state index contributed by atoms with van der Waals surface area (Å²) in [5.41, 5.74) is 1.91. The van der Waals surface area contributed by atoms with Gasteiger partial charge in [-0.2, -0.15) is 0 Å². The van der Waals surface area contributed by atoms with Gasteiger partial charge in [0, 0.05) is 25.0 Å². The number of carbonyl (C=O) groups excluding carboxylic acids is 2. The molecule has 0 radical (unpaired) electrons. The molecule has 0 aliphatic carbocycles. The maximum Gasteiger partial charge on any atom is 0.264 e. The van der Waals surface area contributed by atoms with Crippen molar-refractivity contribution in [3.63, 3.8) is 0 Å². The van der Waals surface area contributed by atoms with Crippen LogP contribution in [0.4, 0.5) is 5.69 Å². The van der Waals surface area contributed by atoms with Crippen LogP contribution in [0, 0.1) is 0 Å². The van der Waals surface area contributed by atoms with Crippen LogP contribution in [0.3, 0.4) is 0 Å². The van der Waals surface area contributed by atoms with Crippen molar-refractivity contribution in [2.45, 2.75) is 23.9 Å². The predicted octanol–water partition coefficient (Wildman–Crippen LogP) is 4.92. The van der Waals surface area contributed by atoms with Gasteiger partial charge in [-0.3, -0.25) is 13.9 Å². The zero-order valence-corrected chi connectivity index (χ0v) is 23.6. The number of likely N-dealkylation sites (N-methyl/N-ethyl adjacent to an activating group) is 1. The lowest BCUT2D eigenvalue weighted by Gasteiger charge is -2.33. The second kappa shape index (κ2) is 13.3. The maximum atomic E-state index is 14.2. The number of benzene rings is 4. The van der Waals surface area contributed by atoms with E-state index in [0.717, 1.165) is 15.4 Å². The summed E-state index contributed by atoms with van der Waals surface area (Å²) < 4.78 is 28.7. The molecule has 0 saturated carbocycles. The Bertz CT molecular complexity index is 1530. The summed E-state index contributed by atoms with van der Waals surface area (Å²) in [6.07, 6.45) is 0.252. The van der Waals surface area contributed by atoms with Gasteiger partial charge in [0.2, 0.25) is 11.8 Å². The van der Waals surface area contributed by atoms with Crippen molar-refractivity contribution in [2.24, 2.45) is 0 Å². The number of nitrogens with zero attached hydrogens (tertiary/aromatic N) is 2. The first kappa shape index (κ1) is 28.9. The predicted molar refractivity (Wildman–Crippen MR) is 157 cm³/mol. The Morgan fingerprint density at radius 3 is 1.95 bits per heavy atom. The summed E-state index contributed by atoms with van der Waals surface area (Å²) in [4.78, 5) is 28.8. The van der Waals surface area contributed by atoms with E-state index in [0.29, 0.717) is 5.02 Å². The number of hydrogen-bond acceptors (Lipinski definition) is 4. The van der Waals surface area contributed by atoms with Crippen LogP contribution >= 0.6 is 11.6 Å². The summed E-state index contributed by atoms with van der Waals surface area (Å²) in [5.74, 6) is -0.888. The second-order valence-electron chi connectivity index (χ2n) is 9.13. The monoisotopic (exact) mass is 575 g/mol. The third-order valence-corrected chi connectivity index (χ3v) is 8.44. The summed E-state index contributed by atoms with van der Waals surface area (Å²) in [6, 6.07) is 32.0. The Labute approximate surface area is 240 Å². The van der Waals surface area contributed by atoms with Crippen LogP contribution in [0.25, 0.3) is 0 Å². The molecular weight excluding hydrogens is 546 g/mol. The fourth-order valence-electron chi connectivity index (χ4n) is 4.38. The number of hydrogen-bond donors (Lipinski definition) is 1. The van der Waals surface area contributed by atoms with E-state index in [1.807, 2.05) is 60.7 Å². The lowest BCUT2D eigenvalue weighted by Crippen LogP contribution is -2.53. The molecule has 0 aliphatic rings. The zero-order chi connectivity index (χ0) is 28.5. The molecule has 4 rings (SSSR count). The molecule has 206 valence electrons. The molecule has 1 atom stereocenters. The molecule has 0 aromatic heterocycles. The number of sulfonamides is 1. The summed E-state index contributed by atoms with van der Waals surface area (Å²) in [7, 11) is -2.64. The molecule has 0 bridgehead atoms. The maximum absolute atomic E-state index is 14.2. The van der Waals surface area contributed by atoms with Gasteiger partial charge < -0.3 is 10.2 Å². The van der Waals surface area contributed by atoms with Crippen molar-refractivity contribution in [3.05, 3.63) is 131 Å². The smallest absolute Gasteiger partial charge is 0.264 e. The molecule has 1 N–H and O–H groups in total. The minimum atomic E-state index is -4.16. The van der Waals surface area contributed by atoms with E-state index in [9.17, 15) is 18.0 Å². The van der Waals surface area contributed by atoms with Crippen LogP contribution in [0.1, 0.15) is 11.1 Å². The Balaban J connectivity index is 1.77. The molecule has 4 aromatic rings. The van der Waals surface area contributed by atoms with E-state index in [1.54, 1.807) is 36.4 Å². The van der Waals surface area contributed by atoms with Crippen LogP contribution in [0.5, 0.6) is 0 Å². The van der Waals surface area contributed by atoms with Crippen molar-refractivity contribution < 1.29 is 18.0 Å². The zero-order valence-electron chi connectivity index (χ0n) is 22.0. The number of anilines is 1. The molecule has 0 spiro atoms. The van der Waals surface area contributed by atoms with Crippen LogP contribution in [0.15, 0.2) is 120 Å². The highest BCUT2D eigenvalue weighted by atomic mass is 35.5. The highest BCUT2D eigenvalue weighted by Gasteiger charge is 2.34. The first-order valence-corrected chi connectivity index (χ1v) is 14.5. The number of amides is 2. The molecule has 0 fully saturated rings. The van der Waals surface area contributed by atoms with Gasteiger partial charge in [0.1, 0.15) is 12.6 Å². The van der Waals surface area contributed by atoms with Crippen molar-refractivity contribution in [1.82, 2.24) is 10.2 Å². The van der Waals surface area contributed by atoms with E-state index in [-0.39, 0.29) is 29.5 Å². The topological polar surface area (TPSA) is 86.8 Å². The standard InChI is InChI=1S/C31H30ClN3O4S/c1-33-31(37)29(20-24-12-5-2-6-13-24)34(22-25-14-7-3-8-15-25)30(36)23-35(27-17-11-16-26(32)21-27)40(38,39)28-18-9-4-10-19-28/h2-19,21,29H,20,22-23H2,1H3,(H,33,37). The number of halogens is 1. The van der Waals surface area contributed by atoms with Crippen molar-refractivity contribution >= 4 is 39.1 Å². The van der Waals surface area contributed by atoms with Crippen LogP contribution in [-0.2, 0) is 32.6 Å². The van der Waals surface area contributed by atoms with Gasteiger partial charge in [0.25, 0.3) is 10.0 Å². The minimum absolute atomic E-state index is 0.0320. The largest absolute Gasteiger partial charge is 0.357 e. The van der Waals surface area contributed by atoms with E-state index in [4.69, 9.17) is 11.6 Å². The van der Waals surface area contributed by atoms with Crippen LogP contribution in [-0.4, -0.2) is 44.8 Å². The second-order valence-corrected chi connectivity index (χ2v) is 11.4. The van der Waals surface area contributed by atoms with Gasteiger partial charge in [-0.05, 0) is 41.5 Å². The molecule has 0 aliphatic heterocycles. The Hall–Kier alpha value is -4.14. The molecular formula is C31H30ClN3O4S. The van der Waals surface area contributed by atoms with Gasteiger partial charge >= 0.3 is 0 Å². The Morgan fingerprint density at radius 1 is 0.800 bits per heavy atom. The van der Waals surface area contributed by atoms with Gasteiger partial charge in [-0.1, -0.05) is 96.5 Å². The van der Waals surface area contributed by atoms with Crippen LogP contribution < -0.4 is 9.62 Å². The molecule has 0 saturated heterocycles. The van der Waals surface area contributed by atoms with E-state index < -0.39 is 28.5 Å². The highest BCUT2D eigenvalue weighted by Crippen LogP contribution is 2.27. The summed E-state index contributed by atoms with van der Waals surface area (Å²) in [5, 5.41) is 3.00. The van der Waals surface area contributed by atoms with Gasteiger partial charge in [-0.25, -0.2) is 8.42 Å². The lowest BCUT2D eigenvalue weighted by atomic mass is 10.0. The molecule has 4 aromatic carbocycles. The van der Waals surface area contributed by atoms with Gasteiger partial charge in [-0.15, -0.1) is 0 Å². The fourth-order valence-corrected chi connectivity index (χ4v) is 5.99. The Kier molecular flexibility index (Phi) is 9.58. The third kappa shape index (κ3) is 7.08. The fraction of sp³-hybridized carbons (Fsp3) is 0.161. The number of rotatable bonds is 11. The molecule has 9 heteroatoms. The first-order valence-electron chi connectivity index (χ1n) is 12.7. The van der Waals surface area contributed by atoms with E-state index in [1.165, 1.54) is 30.1 Å². The summed E-state index contributed by atoms with van der Waals surface area (Å²) in [6.45, 7) is -0.425. The molecule has 40 heavy (non-hydrogen) atoms. The normalized spacial score (nSPS) is 11.8. The third-order valence-electron chi connectivity index (χ3n) is 6.42. The summed E-state index contributed by atoms with van der Waals surface area (Å²) >= 11 is 6.22. The van der Waals surface area contributed by atoms with Crippen molar-refractivity contribution in [2.75, 3.05) is 17.9 Å². The SMILES string of the molecule is CNC(=O)C(Cc1ccccc1)N(Cc1ccccc1)C(=O)CN(c1cccc(Cl)c1)S(=O)(=O)c1ccccc1. The molecule has 7 nitrogen and oxygen atoms in total. The lowest BCUT2D eigenvalue weighted by molar-refractivity contribution is -0.139. The Morgan fingerprint density at radius 2 is 1.38 bits per heavy atom. The highest BCUT2D eigenvalue weighted by molar-refractivity contribution is 7.92. The first-order chi connectivity index (χ1) is 19.3. The molecule has 2 amide bonds. The van der Waals surface area contributed by atoms with Gasteiger partial charge in [0.15, 0.2) is 0 Å². The number of nitrogens with one attached hydrogen (secondary N) is 1. The molecule has 0 heterocycles. The molecule has 1 unspecified atom stereocenters. The van der Waals surface area contributed by atoms with Crippen molar-refractivity contribution in [3.8, 4) is 0 Å². The average Bonchev–Trinajstić information content (AvgIpc) is 2.98.